The quantitative estimate of drug-likeness (QED) is 0.652. The predicted octanol–water partition coefficient (Wildman–Crippen LogP) is 1.22. The summed E-state index contributed by atoms with van der Waals surface area (Å²) in [6.07, 6.45) is 3.71. The van der Waals surface area contributed by atoms with Crippen molar-refractivity contribution in [2.24, 2.45) is 0 Å². The molecule has 1 amide bonds. The van der Waals surface area contributed by atoms with Gasteiger partial charge in [-0.2, -0.15) is 0 Å². The van der Waals surface area contributed by atoms with Crippen molar-refractivity contribution in [3.63, 3.8) is 0 Å². The van der Waals surface area contributed by atoms with Gasteiger partial charge in [0.05, 0.1) is 6.20 Å². The molecule has 4 heteroatoms. The summed E-state index contributed by atoms with van der Waals surface area (Å²) >= 11 is 0. The van der Waals surface area contributed by atoms with Crippen LogP contribution in [-0.2, 0) is 0 Å². The second-order valence-corrected chi connectivity index (χ2v) is 3.29. The number of hydrogen-bond donors (Lipinski definition) is 0. The first-order valence-electron chi connectivity index (χ1n) is 4.49. The Morgan fingerprint density at radius 1 is 1.54 bits per heavy atom. The molecule has 0 spiro atoms. The van der Waals surface area contributed by atoms with Gasteiger partial charge in [-0.25, -0.2) is 0 Å². The molecule has 70 valence electrons. The predicted molar refractivity (Wildman–Crippen MR) is 46.4 cm³/mol. The molecule has 1 fully saturated rings. The van der Waals surface area contributed by atoms with Crippen molar-refractivity contribution in [3.05, 3.63) is 17.5 Å². The lowest BCUT2D eigenvalue weighted by Crippen LogP contribution is -2.27. The van der Waals surface area contributed by atoms with Gasteiger partial charge in [-0.05, 0) is 19.8 Å². The molecule has 2 heterocycles. The van der Waals surface area contributed by atoms with Crippen molar-refractivity contribution >= 4 is 5.91 Å². The largest absolute Gasteiger partial charge is 0.361 e. The van der Waals surface area contributed by atoms with Crippen molar-refractivity contribution in [1.82, 2.24) is 10.1 Å². The summed E-state index contributed by atoms with van der Waals surface area (Å²) in [4.78, 5) is 13.6. The van der Waals surface area contributed by atoms with Crippen LogP contribution in [0.5, 0.6) is 0 Å². The molecule has 1 aliphatic rings. The van der Waals surface area contributed by atoms with Crippen LogP contribution in [0, 0.1) is 6.92 Å². The van der Waals surface area contributed by atoms with Crippen LogP contribution in [0.25, 0.3) is 0 Å². The standard InChI is InChI=1S/C9H12N2O2/c1-7-8(6-10-13-7)9(12)11-4-2-3-5-11/h6H,2-5H2,1H3. The Kier molecular flexibility index (Phi) is 2.04. The fraction of sp³-hybridized carbons (Fsp3) is 0.556. The van der Waals surface area contributed by atoms with Crippen LogP contribution in [0.2, 0.25) is 0 Å². The van der Waals surface area contributed by atoms with Gasteiger partial charge in [-0.3, -0.25) is 4.79 Å². The van der Waals surface area contributed by atoms with Gasteiger partial charge in [-0.1, -0.05) is 5.16 Å². The summed E-state index contributed by atoms with van der Waals surface area (Å²) in [5.74, 6) is 0.660. The van der Waals surface area contributed by atoms with Gasteiger partial charge in [0.25, 0.3) is 5.91 Å². The number of hydrogen-bond acceptors (Lipinski definition) is 3. The molecule has 0 aromatic carbocycles. The molecular weight excluding hydrogens is 168 g/mol. The molecule has 1 aliphatic heterocycles. The molecule has 0 saturated carbocycles. The number of carbonyl (C=O) groups excluding carboxylic acids is 1. The second kappa shape index (κ2) is 3.20. The van der Waals surface area contributed by atoms with Crippen LogP contribution in [0.15, 0.2) is 10.7 Å². The average molecular weight is 180 g/mol. The van der Waals surface area contributed by atoms with Gasteiger partial charge in [-0.15, -0.1) is 0 Å². The first-order chi connectivity index (χ1) is 6.29. The third-order valence-corrected chi connectivity index (χ3v) is 2.37. The highest BCUT2D eigenvalue weighted by molar-refractivity contribution is 5.94. The van der Waals surface area contributed by atoms with Crippen molar-refractivity contribution < 1.29 is 9.32 Å². The van der Waals surface area contributed by atoms with Crippen molar-refractivity contribution in [3.8, 4) is 0 Å². The summed E-state index contributed by atoms with van der Waals surface area (Å²) in [5, 5.41) is 3.59. The maximum absolute atomic E-state index is 11.8. The Labute approximate surface area is 76.5 Å². The van der Waals surface area contributed by atoms with Crippen LogP contribution >= 0.6 is 0 Å². The minimum Gasteiger partial charge on any atom is -0.361 e. The molecule has 0 unspecified atom stereocenters. The van der Waals surface area contributed by atoms with Gasteiger partial charge in [0.15, 0.2) is 0 Å². The normalized spacial score (nSPS) is 16.5. The molecule has 2 rings (SSSR count). The molecular formula is C9H12N2O2. The van der Waals surface area contributed by atoms with E-state index in [2.05, 4.69) is 5.16 Å². The highest BCUT2D eigenvalue weighted by atomic mass is 16.5. The van der Waals surface area contributed by atoms with E-state index >= 15 is 0 Å². The van der Waals surface area contributed by atoms with Crippen LogP contribution < -0.4 is 0 Å². The minimum absolute atomic E-state index is 0.0521. The molecule has 0 bridgehead atoms. The summed E-state index contributed by atoms with van der Waals surface area (Å²) in [6.45, 7) is 3.49. The molecule has 0 radical (unpaired) electrons. The molecule has 0 N–H and O–H groups in total. The van der Waals surface area contributed by atoms with Crippen LogP contribution in [0.3, 0.4) is 0 Å². The monoisotopic (exact) mass is 180 g/mol. The van der Waals surface area contributed by atoms with Gasteiger partial charge in [0.2, 0.25) is 0 Å². The highest BCUT2D eigenvalue weighted by Gasteiger charge is 2.22. The molecule has 1 aromatic rings. The molecule has 13 heavy (non-hydrogen) atoms. The third kappa shape index (κ3) is 1.43. The Hall–Kier alpha value is -1.32. The van der Waals surface area contributed by atoms with E-state index in [1.165, 1.54) is 6.20 Å². The Morgan fingerprint density at radius 3 is 2.77 bits per heavy atom. The highest BCUT2D eigenvalue weighted by Crippen LogP contribution is 2.14. The molecule has 0 atom stereocenters. The lowest BCUT2D eigenvalue weighted by Gasteiger charge is -2.13. The van der Waals surface area contributed by atoms with E-state index in [1.54, 1.807) is 6.92 Å². The van der Waals surface area contributed by atoms with Gasteiger partial charge >= 0.3 is 0 Å². The van der Waals surface area contributed by atoms with E-state index in [0.717, 1.165) is 25.9 Å². The number of rotatable bonds is 1. The van der Waals surface area contributed by atoms with E-state index < -0.39 is 0 Å². The number of carbonyl (C=O) groups is 1. The summed E-state index contributed by atoms with van der Waals surface area (Å²) < 4.78 is 4.85. The van der Waals surface area contributed by atoms with Gasteiger partial charge in [0, 0.05) is 13.1 Å². The minimum atomic E-state index is 0.0521. The lowest BCUT2D eigenvalue weighted by molar-refractivity contribution is 0.0791. The number of aromatic nitrogens is 1. The second-order valence-electron chi connectivity index (χ2n) is 3.29. The van der Waals surface area contributed by atoms with E-state index in [1.807, 2.05) is 4.90 Å². The maximum atomic E-state index is 11.8. The smallest absolute Gasteiger partial charge is 0.259 e. The average Bonchev–Trinajstić information content (AvgIpc) is 2.72. The maximum Gasteiger partial charge on any atom is 0.259 e. The molecule has 4 nitrogen and oxygen atoms in total. The van der Waals surface area contributed by atoms with Crippen LogP contribution in [0.1, 0.15) is 29.0 Å². The molecule has 1 aromatic heterocycles. The van der Waals surface area contributed by atoms with E-state index in [9.17, 15) is 4.79 Å². The third-order valence-electron chi connectivity index (χ3n) is 2.37. The number of aryl methyl sites for hydroxylation is 1. The van der Waals surface area contributed by atoms with Gasteiger partial charge < -0.3 is 9.42 Å². The number of nitrogens with zero attached hydrogens (tertiary/aromatic N) is 2. The topological polar surface area (TPSA) is 46.3 Å². The van der Waals surface area contributed by atoms with Crippen molar-refractivity contribution in [2.45, 2.75) is 19.8 Å². The van der Waals surface area contributed by atoms with E-state index in [4.69, 9.17) is 4.52 Å². The van der Waals surface area contributed by atoms with Crippen LogP contribution in [0.4, 0.5) is 0 Å². The zero-order valence-electron chi connectivity index (χ0n) is 7.62. The number of amides is 1. The van der Waals surface area contributed by atoms with E-state index in [-0.39, 0.29) is 5.91 Å². The lowest BCUT2D eigenvalue weighted by atomic mass is 10.2. The first-order valence-corrected chi connectivity index (χ1v) is 4.49. The molecule has 1 saturated heterocycles. The van der Waals surface area contributed by atoms with Gasteiger partial charge in [0.1, 0.15) is 11.3 Å². The SMILES string of the molecule is Cc1oncc1C(=O)N1CCCC1. The Morgan fingerprint density at radius 2 is 2.23 bits per heavy atom. The Balaban J connectivity index is 2.17. The van der Waals surface area contributed by atoms with Crippen molar-refractivity contribution in [1.29, 1.82) is 0 Å². The summed E-state index contributed by atoms with van der Waals surface area (Å²) in [7, 11) is 0. The number of likely N-dealkylation sites (tertiary alicyclic amines) is 1. The zero-order chi connectivity index (χ0) is 9.26. The van der Waals surface area contributed by atoms with Crippen molar-refractivity contribution in [2.75, 3.05) is 13.1 Å². The zero-order valence-corrected chi connectivity index (χ0v) is 7.62. The fourth-order valence-electron chi connectivity index (χ4n) is 1.59. The van der Waals surface area contributed by atoms with Crippen LogP contribution in [-0.4, -0.2) is 29.1 Å². The Bertz CT molecular complexity index is 313. The van der Waals surface area contributed by atoms with E-state index in [0.29, 0.717) is 11.3 Å². The molecule has 0 aliphatic carbocycles. The fourth-order valence-corrected chi connectivity index (χ4v) is 1.59. The summed E-state index contributed by atoms with van der Waals surface area (Å²) in [6, 6.07) is 0. The first kappa shape index (κ1) is 8.29. The summed E-state index contributed by atoms with van der Waals surface area (Å²) in [5.41, 5.74) is 0.599.